The quantitative estimate of drug-likeness (QED) is 0.906. The van der Waals surface area contributed by atoms with Crippen molar-refractivity contribution < 1.29 is 14.7 Å². The molecule has 0 radical (unpaired) electrons. The Hall–Kier alpha value is -1.85. The van der Waals surface area contributed by atoms with Crippen LogP contribution in [-0.2, 0) is 11.3 Å². The predicted molar refractivity (Wildman–Crippen MR) is 82.7 cm³/mol. The number of aryl methyl sites for hydroxylation is 2. The third-order valence-electron chi connectivity index (χ3n) is 4.41. The molecular weight excluding hydrogens is 282 g/mol. The highest BCUT2D eigenvalue weighted by Crippen LogP contribution is 2.24. The highest BCUT2D eigenvalue weighted by molar-refractivity contribution is 5.95. The molecule has 0 aliphatic carbocycles. The van der Waals surface area contributed by atoms with Crippen molar-refractivity contribution in [1.29, 1.82) is 0 Å². The zero-order valence-electron chi connectivity index (χ0n) is 13.6. The molecule has 1 aromatic rings. The third-order valence-corrected chi connectivity index (χ3v) is 4.41. The number of unbranched alkanes of at least 4 members (excludes halogenated alkanes) is 1. The van der Waals surface area contributed by atoms with Gasteiger partial charge in [-0.3, -0.25) is 14.3 Å². The number of carboxylic acid groups (broad SMARTS) is 1. The Balaban J connectivity index is 2.15. The van der Waals surface area contributed by atoms with Crippen molar-refractivity contribution in [2.24, 2.45) is 5.92 Å². The van der Waals surface area contributed by atoms with E-state index in [1.165, 1.54) is 0 Å². The molecule has 6 nitrogen and oxygen atoms in total. The number of nitrogens with zero attached hydrogens (tertiary/aromatic N) is 3. The van der Waals surface area contributed by atoms with Gasteiger partial charge in [0.05, 0.1) is 17.2 Å². The Kier molecular flexibility index (Phi) is 5.21. The van der Waals surface area contributed by atoms with E-state index in [9.17, 15) is 14.7 Å². The monoisotopic (exact) mass is 307 g/mol. The van der Waals surface area contributed by atoms with Gasteiger partial charge in [0.25, 0.3) is 5.91 Å². The number of carbonyl (C=O) groups excluding carboxylic acids is 1. The summed E-state index contributed by atoms with van der Waals surface area (Å²) in [5.41, 5.74) is 1.31. The Labute approximate surface area is 131 Å². The molecule has 6 heteroatoms. The Morgan fingerprint density at radius 1 is 1.41 bits per heavy atom. The average Bonchev–Trinajstić information content (AvgIpc) is 2.85. The van der Waals surface area contributed by atoms with E-state index in [-0.39, 0.29) is 18.5 Å². The first-order valence-corrected chi connectivity index (χ1v) is 8.01. The zero-order chi connectivity index (χ0) is 16.3. The summed E-state index contributed by atoms with van der Waals surface area (Å²) in [7, 11) is 0. The first kappa shape index (κ1) is 16.5. The van der Waals surface area contributed by atoms with Crippen molar-refractivity contribution in [3.8, 4) is 0 Å². The van der Waals surface area contributed by atoms with E-state index in [1.807, 2.05) is 18.5 Å². The minimum Gasteiger partial charge on any atom is -0.481 e. The number of amides is 1. The maximum atomic E-state index is 12.8. The van der Waals surface area contributed by atoms with Gasteiger partial charge in [-0.2, -0.15) is 5.10 Å². The Bertz CT molecular complexity index is 553. The van der Waals surface area contributed by atoms with Gasteiger partial charge >= 0.3 is 5.97 Å². The van der Waals surface area contributed by atoms with Crippen molar-refractivity contribution >= 4 is 11.9 Å². The van der Waals surface area contributed by atoms with Crippen LogP contribution in [-0.4, -0.2) is 44.3 Å². The van der Waals surface area contributed by atoms with Crippen LogP contribution in [0.4, 0.5) is 0 Å². The molecule has 1 fully saturated rings. The molecule has 1 aliphatic heterocycles. The van der Waals surface area contributed by atoms with Crippen LogP contribution in [0.15, 0.2) is 6.20 Å². The number of aromatic nitrogens is 2. The van der Waals surface area contributed by atoms with Crippen LogP contribution in [0.2, 0.25) is 0 Å². The molecule has 0 bridgehead atoms. The van der Waals surface area contributed by atoms with Crippen molar-refractivity contribution in [3.63, 3.8) is 0 Å². The molecule has 122 valence electrons. The molecule has 2 atom stereocenters. The molecule has 1 N–H and O–H groups in total. The summed E-state index contributed by atoms with van der Waals surface area (Å²) in [5.74, 6) is -1.38. The van der Waals surface area contributed by atoms with Crippen molar-refractivity contribution in [2.45, 2.75) is 59.0 Å². The summed E-state index contributed by atoms with van der Waals surface area (Å²) in [6.45, 7) is 7.02. The highest BCUT2D eigenvalue weighted by atomic mass is 16.4. The van der Waals surface area contributed by atoms with E-state index in [4.69, 9.17) is 0 Å². The fourth-order valence-electron chi connectivity index (χ4n) is 2.91. The van der Waals surface area contributed by atoms with Gasteiger partial charge < -0.3 is 10.0 Å². The number of hydrogen-bond acceptors (Lipinski definition) is 3. The summed E-state index contributed by atoms with van der Waals surface area (Å²) in [6.07, 6.45) is 5.26. The number of carboxylic acids is 1. The van der Waals surface area contributed by atoms with Crippen LogP contribution in [0, 0.1) is 12.8 Å². The molecule has 0 saturated carbocycles. The second-order valence-corrected chi connectivity index (χ2v) is 6.16. The van der Waals surface area contributed by atoms with Crippen LogP contribution < -0.4 is 0 Å². The highest BCUT2D eigenvalue weighted by Gasteiger charge is 2.33. The second-order valence-electron chi connectivity index (χ2n) is 6.16. The molecule has 1 aliphatic rings. The van der Waals surface area contributed by atoms with Gasteiger partial charge in [-0.15, -0.1) is 0 Å². The largest absolute Gasteiger partial charge is 0.481 e. The van der Waals surface area contributed by atoms with Gasteiger partial charge in [0.15, 0.2) is 0 Å². The second kappa shape index (κ2) is 6.94. The number of rotatable bonds is 5. The minimum absolute atomic E-state index is 0.0708. The molecule has 0 aromatic carbocycles. The average molecular weight is 307 g/mol. The topological polar surface area (TPSA) is 75.4 Å². The van der Waals surface area contributed by atoms with E-state index in [0.717, 1.165) is 25.8 Å². The maximum Gasteiger partial charge on any atom is 0.308 e. The molecule has 0 spiro atoms. The van der Waals surface area contributed by atoms with E-state index in [0.29, 0.717) is 17.7 Å². The molecule has 2 unspecified atom stereocenters. The first-order valence-electron chi connectivity index (χ1n) is 8.01. The SMILES string of the molecule is CCCCn1cc(C(=O)N2CC(C(=O)O)CCC2C)c(C)n1. The molecule has 1 amide bonds. The lowest BCUT2D eigenvalue weighted by Crippen LogP contribution is -2.47. The standard InChI is InChI=1S/C16H25N3O3/c1-4-5-8-18-10-14(12(3)17-18)15(20)19-9-13(16(21)22)7-6-11(19)2/h10-11,13H,4-9H2,1-3H3,(H,21,22). The van der Waals surface area contributed by atoms with Gasteiger partial charge in [-0.25, -0.2) is 0 Å². The van der Waals surface area contributed by atoms with Gasteiger partial charge in [-0.05, 0) is 33.1 Å². The number of carbonyl (C=O) groups is 2. The molecule has 1 saturated heterocycles. The van der Waals surface area contributed by atoms with Crippen molar-refractivity contribution in [3.05, 3.63) is 17.5 Å². The van der Waals surface area contributed by atoms with Gasteiger partial charge in [0.2, 0.25) is 0 Å². The fraction of sp³-hybridized carbons (Fsp3) is 0.688. The number of likely N-dealkylation sites (tertiary alicyclic amines) is 1. The molecule has 2 rings (SSSR count). The summed E-state index contributed by atoms with van der Waals surface area (Å²) in [4.78, 5) is 25.7. The number of aliphatic carboxylic acids is 1. The normalized spacial score (nSPS) is 21.9. The van der Waals surface area contributed by atoms with Crippen LogP contribution >= 0.6 is 0 Å². The van der Waals surface area contributed by atoms with Crippen LogP contribution in [0.3, 0.4) is 0 Å². The lowest BCUT2D eigenvalue weighted by molar-refractivity contribution is -0.143. The van der Waals surface area contributed by atoms with E-state index >= 15 is 0 Å². The van der Waals surface area contributed by atoms with E-state index in [1.54, 1.807) is 11.1 Å². The molecular formula is C16H25N3O3. The predicted octanol–water partition coefficient (Wildman–Crippen LogP) is 2.32. The lowest BCUT2D eigenvalue weighted by atomic mass is 9.93. The summed E-state index contributed by atoms with van der Waals surface area (Å²) in [5, 5.41) is 13.6. The van der Waals surface area contributed by atoms with Crippen molar-refractivity contribution in [2.75, 3.05) is 6.54 Å². The lowest BCUT2D eigenvalue weighted by Gasteiger charge is -2.36. The summed E-state index contributed by atoms with van der Waals surface area (Å²) in [6, 6.07) is 0.0708. The first-order chi connectivity index (χ1) is 10.4. The minimum atomic E-state index is -0.819. The van der Waals surface area contributed by atoms with E-state index < -0.39 is 11.9 Å². The zero-order valence-corrected chi connectivity index (χ0v) is 13.6. The Morgan fingerprint density at radius 3 is 2.77 bits per heavy atom. The van der Waals surface area contributed by atoms with E-state index in [2.05, 4.69) is 12.0 Å². The number of hydrogen-bond donors (Lipinski definition) is 1. The van der Waals surface area contributed by atoms with Crippen molar-refractivity contribution in [1.82, 2.24) is 14.7 Å². The van der Waals surface area contributed by atoms with Gasteiger partial charge in [-0.1, -0.05) is 13.3 Å². The summed E-state index contributed by atoms with van der Waals surface area (Å²) >= 11 is 0. The van der Waals surface area contributed by atoms with Crippen LogP contribution in [0.25, 0.3) is 0 Å². The number of piperidine rings is 1. The van der Waals surface area contributed by atoms with Crippen LogP contribution in [0.1, 0.15) is 55.6 Å². The van der Waals surface area contributed by atoms with Gasteiger partial charge in [0.1, 0.15) is 0 Å². The molecule has 2 heterocycles. The fourth-order valence-corrected chi connectivity index (χ4v) is 2.91. The summed E-state index contributed by atoms with van der Waals surface area (Å²) < 4.78 is 1.81. The van der Waals surface area contributed by atoms with Crippen LogP contribution in [0.5, 0.6) is 0 Å². The third kappa shape index (κ3) is 3.48. The van der Waals surface area contributed by atoms with Gasteiger partial charge in [0, 0.05) is 25.3 Å². The smallest absolute Gasteiger partial charge is 0.308 e. The Morgan fingerprint density at radius 2 is 2.14 bits per heavy atom. The molecule has 22 heavy (non-hydrogen) atoms. The molecule has 1 aromatic heterocycles. The maximum absolute atomic E-state index is 12.8.